The molecule has 0 radical (unpaired) electrons. The lowest BCUT2D eigenvalue weighted by atomic mass is 10.1. The fraction of sp³-hybridized carbons (Fsp3) is 0.562. The minimum absolute atomic E-state index is 0.0802. The van der Waals surface area contributed by atoms with Crippen molar-refractivity contribution in [1.82, 2.24) is 5.32 Å². The van der Waals surface area contributed by atoms with Crippen molar-refractivity contribution in [3.63, 3.8) is 0 Å². The maximum Gasteiger partial charge on any atom is 0.310 e. The molecule has 1 unspecified atom stereocenters. The molecule has 1 atom stereocenters. The predicted octanol–water partition coefficient (Wildman–Crippen LogP) is 2.80. The van der Waals surface area contributed by atoms with Gasteiger partial charge in [-0.15, -0.1) is 0 Å². The highest BCUT2D eigenvalue weighted by Crippen LogP contribution is 2.02. The molecule has 1 N–H and O–H groups in total. The van der Waals surface area contributed by atoms with Crippen LogP contribution < -0.4 is 5.32 Å². The molecule has 0 aromatic heterocycles. The molecule has 1 rings (SSSR count). The van der Waals surface area contributed by atoms with E-state index in [-0.39, 0.29) is 12.1 Å². The van der Waals surface area contributed by atoms with Gasteiger partial charge in [-0.25, -0.2) is 0 Å². The van der Waals surface area contributed by atoms with Gasteiger partial charge in [-0.2, -0.15) is 0 Å². The number of hydrogen-bond donors (Lipinski definition) is 1. The summed E-state index contributed by atoms with van der Waals surface area (Å²) in [6.07, 6.45) is 1.41. The van der Waals surface area contributed by atoms with Crippen LogP contribution in [0.5, 0.6) is 0 Å². The zero-order chi connectivity index (χ0) is 14.1. The fourth-order valence-electron chi connectivity index (χ4n) is 1.77. The lowest BCUT2D eigenvalue weighted by Gasteiger charge is -2.14. The molecule has 0 aliphatic carbocycles. The Morgan fingerprint density at radius 1 is 1.21 bits per heavy atom. The van der Waals surface area contributed by atoms with Gasteiger partial charge in [-0.3, -0.25) is 4.79 Å². The maximum absolute atomic E-state index is 11.7. The van der Waals surface area contributed by atoms with Crippen LogP contribution in [-0.2, 0) is 16.0 Å². The average molecular weight is 263 g/mol. The Morgan fingerprint density at radius 2 is 1.89 bits per heavy atom. The van der Waals surface area contributed by atoms with E-state index in [1.807, 2.05) is 37.3 Å². The van der Waals surface area contributed by atoms with Gasteiger partial charge in [0, 0.05) is 6.54 Å². The van der Waals surface area contributed by atoms with E-state index >= 15 is 0 Å². The first kappa shape index (κ1) is 15.7. The number of carbonyl (C=O) groups excluding carboxylic acids is 1. The van der Waals surface area contributed by atoms with Crippen LogP contribution in [-0.4, -0.2) is 25.2 Å². The van der Waals surface area contributed by atoms with Gasteiger partial charge in [0.05, 0.1) is 6.42 Å². The van der Waals surface area contributed by atoms with Gasteiger partial charge in [-0.05, 0) is 31.4 Å². The van der Waals surface area contributed by atoms with Crippen molar-refractivity contribution in [3.05, 3.63) is 35.9 Å². The van der Waals surface area contributed by atoms with Crippen molar-refractivity contribution < 1.29 is 9.53 Å². The summed E-state index contributed by atoms with van der Waals surface area (Å²) in [5, 5.41) is 3.31. The van der Waals surface area contributed by atoms with E-state index in [1.54, 1.807) is 0 Å². The molecule has 0 amide bonds. The third kappa shape index (κ3) is 7.62. The molecule has 19 heavy (non-hydrogen) atoms. The summed E-state index contributed by atoms with van der Waals surface area (Å²) < 4.78 is 5.36. The number of carbonyl (C=O) groups is 1. The van der Waals surface area contributed by atoms with Gasteiger partial charge in [0.15, 0.2) is 0 Å². The highest BCUT2D eigenvalue weighted by Gasteiger charge is 2.09. The SMILES string of the molecule is CC(C)CCNCC(C)OC(=O)Cc1ccccc1. The molecule has 0 saturated heterocycles. The first-order chi connectivity index (χ1) is 9.08. The maximum atomic E-state index is 11.7. The zero-order valence-electron chi connectivity index (χ0n) is 12.2. The second-order valence-electron chi connectivity index (χ2n) is 5.35. The third-order valence-corrected chi connectivity index (χ3v) is 2.85. The van der Waals surface area contributed by atoms with E-state index in [9.17, 15) is 4.79 Å². The summed E-state index contributed by atoms with van der Waals surface area (Å²) in [5.41, 5.74) is 0.993. The smallest absolute Gasteiger partial charge is 0.310 e. The quantitative estimate of drug-likeness (QED) is 0.579. The minimum atomic E-state index is -0.163. The van der Waals surface area contributed by atoms with Gasteiger partial charge >= 0.3 is 5.97 Å². The topological polar surface area (TPSA) is 38.3 Å². The highest BCUT2D eigenvalue weighted by molar-refractivity contribution is 5.72. The van der Waals surface area contributed by atoms with Crippen LogP contribution in [0, 0.1) is 5.92 Å². The van der Waals surface area contributed by atoms with Crippen molar-refractivity contribution in [3.8, 4) is 0 Å². The van der Waals surface area contributed by atoms with Crippen LogP contribution in [0.4, 0.5) is 0 Å². The van der Waals surface area contributed by atoms with Crippen molar-refractivity contribution in [2.45, 2.75) is 39.7 Å². The van der Waals surface area contributed by atoms with Gasteiger partial charge < -0.3 is 10.1 Å². The minimum Gasteiger partial charge on any atom is -0.461 e. The molecule has 3 nitrogen and oxygen atoms in total. The Labute approximate surface area is 116 Å². The summed E-state index contributed by atoms with van der Waals surface area (Å²) in [6, 6.07) is 9.68. The van der Waals surface area contributed by atoms with Crippen LogP contribution in [0.15, 0.2) is 30.3 Å². The molecular weight excluding hydrogens is 238 g/mol. The Morgan fingerprint density at radius 3 is 2.53 bits per heavy atom. The summed E-state index contributed by atoms with van der Waals surface area (Å²) in [6.45, 7) is 8.01. The molecule has 0 saturated carbocycles. The van der Waals surface area contributed by atoms with Crippen LogP contribution in [0.1, 0.15) is 32.8 Å². The highest BCUT2D eigenvalue weighted by atomic mass is 16.5. The van der Waals surface area contributed by atoms with Crippen molar-refractivity contribution in [2.24, 2.45) is 5.92 Å². The summed E-state index contributed by atoms with van der Waals surface area (Å²) in [4.78, 5) is 11.7. The van der Waals surface area contributed by atoms with Crippen LogP contribution in [0.3, 0.4) is 0 Å². The van der Waals surface area contributed by atoms with E-state index in [2.05, 4.69) is 19.2 Å². The van der Waals surface area contributed by atoms with E-state index in [0.717, 1.165) is 18.5 Å². The Balaban J connectivity index is 2.17. The first-order valence-corrected chi connectivity index (χ1v) is 7.02. The number of rotatable bonds is 8. The molecule has 0 fully saturated rings. The molecule has 0 aliphatic heterocycles. The van der Waals surface area contributed by atoms with E-state index in [1.165, 1.54) is 0 Å². The zero-order valence-corrected chi connectivity index (χ0v) is 12.2. The van der Waals surface area contributed by atoms with Gasteiger partial charge in [0.1, 0.15) is 6.10 Å². The standard InChI is InChI=1S/C16H25NO2/c1-13(2)9-10-17-12-14(3)19-16(18)11-15-7-5-4-6-8-15/h4-8,13-14,17H,9-12H2,1-3H3. The van der Waals surface area contributed by atoms with Gasteiger partial charge in [0.2, 0.25) is 0 Å². The molecule has 0 heterocycles. The van der Waals surface area contributed by atoms with Gasteiger partial charge in [-0.1, -0.05) is 44.2 Å². The second kappa shape index (κ2) is 8.70. The normalized spacial score (nSPS) is 12.4. The molecule has 0 spiro atoms. The molecule has 3 heteroatoms. The lowest BCUT2D eigenvalue weighted by Crippen LogP contribution is -2.30. The Hall–Kier alpha value is -1.35. The summed E-state index contributed by atoms with van der Waals surface area (Å²) >= 11 is 0. The number of hydrogen-bond acceptors (Lipinski definition) is 3. The van der Waals surface area contributed by atoms with Gasteiger partial charge in [0.25, 0.3) is 0 Å². The van der Waals surface area contributed by atoms with E-state index < -0.39 is 0 Å². The monoisotopic (exact) mass is 263 g/mol. The molecule has 1 aromatic carbocycles. The average Bonchev–Trinajstić information content (AvgIpc) is 2.35. The van der Waals surface area contributed by atoms with Crippen molar-refractivity contribution in [2.75, 3.05) is 13.1 Å². The molecule has 1 aromatic rings. The van der Waals surface area contributed by atoms with Crippen LogP contribution in [0.25, 0.3) is 0 Å². The largest absolute Gasteiger partial charge is 0.461 e. The Kier molecular flexibility index (Phi) is 7.19. The predicted molar refractivity (Wildman–Crippen MR) is 78.0 cm³/mol. The Bertz CT molecular complexity index is 362. The first-order valence-electron chi connectivity index (χ1n) is 7.02. The number of esters is 1. The van der Waals surface area contributed by atoms with Crippen LogP contribution >= 0.6 is 0 Å². The van der Waals surface area contributed by atoms with E-state index in [0.29, 0.717) is 18.9 Å². The van der Waals surface area contributed by atoms with E-state index in [4.69, 9.17) is 4.74 Å². The summed E-state index contributed by atoms with van der Waals surface area (Å²) in [5.74, 6) is 0.535. The second-order valence-corrected chi connectivity index (χ2v) is 5.35. The van der Waals surface area contributed by atoms with Crippen molar-refractivity contribution in [1.29, 1.82) is 0 Å². The fourth-order valence-corrected chi connectivity index (χ4v) is 1.77. The number of nitrogens with one attached hydrogen (secondary N) is 1. The van der Waals surface area contributed by atoms with Crippen molar-refractivity contribution >= 4 is 5.97 Å². The third-order valence-electron chi connectivity index (χ3n) is 2.85. The van der Waals surface area contributed by atoms with Crippen LogP contribution in [0.2, 0.25) is 0 Å². The molecule has 106 valence electrons. The lowest BCUT2D eigenvalue weighted by molar-refractivity contribution is -0.147. The number of benzene rings is 1. The summed E-state index contributed by atoms with van der Waals surface area (Å²) in [7, 11) is 0. The number of ether oxygens (including phenoxy) is 1. The molecule has 0 bridgehead atoms. The molecular formula is C16H25NO2. The molecule has 0 aliphatic rings.